The van der Waals surface area contributed by atoms with Gasteiger partial charge in [0.2, 0.25) is 5.78 Å². The topological polar surface area (TPSA) is 103 Å². The summed E-state index contributed by atoms with van der Waals surface area (Å²) in [6, 6.07) is 9.91. The number of para-hydroxylation sites is 1. The van der Waals surface area contributed by atoms with Gasteiger partial charge in [-0.3, -0.25) is 4.79 Å². The number of carbonyl (C=O) groups excluding carboxylic acids is 1. The van der Waals surface area contributed by atoms with Crippen molar-refractivity contribution in [2.45, 2.75) is 13.0 Å². The van der Waals surface area contributed by atoms with Crippen LogP contribution < -0.4 is 28.7 Å². The van der Waals surface area contributed by atoms with Crippen molar-refractivity contribution in [3.63, 3.8) is 0 Å². The van der Waals surface area contributed by atoms with Crippen LogP contribution in [-0.2, 0) is 6.54 Å². The molecule has 0 aliphatic heterocycles. The number of quaternary nitrogens is 1. The maximum Gasteiger partial charge on any atom is 0.252 e. The summed E-state index contributed by atoms with van der Waals surface area (Å²) in [7, 11) is 0. The number of nitrogen functional groups attached to an aromatic ring is 1. The van der Waals surface area contributed by atoms with Gasteiger partial charge in [-0.25, -0.2) is 0 Å². The molecule has 0 saturated heterocycles. The van der Waals surface area contributed by atoms with Crippen LogP contribution in [-0.4, -0.2) is 17.0 Å². The van der Waals surface area contributed by atoms with Crippen LogP contribution in [0, 0.1) is 5.21 Å². The number of hydrogen-bond acceptors (Lipinski definition) is 3. The molecule has 0 aliphatic rings. The average molecular weight is 416 g/mol. The average Bonchev–Trinajstić information content (AvgIpc) is 2.89. The number of carbonyl (C=O) groups is 1. The summed E-state index contributed by atoms with van der Waals surface area (Å²) in [4.78, 5) is 13.9. The molecule has 3 aromatic rings. The monoisotopic (exact) mass is 414 g/mol. The second kappa shape index (κ2) is 8.14. The van der Waals surface area contributed by atoms with Crippen molar-refractivity contribution >= 4 is 45.6 Å². The highest BCUT2D eigenvalue weighted by Gasteiger charge is 2.27. The molecule has 0 amide bonds. The van der Waals surface area contributed by atoms with Crippen molar-refractivity contribution in [3.05, 3.63) is 62.9 Å². The number of nitrogens with two attached hydrogens (primary N) is 1. The molecule has 0 atom stereocenters. The van der Waals surface area contributed by atoms with Crippen molar-refractivity contribution in [2.24, 2.45) is 0 Å². The van der Waals surface area contributed by atoms with E-state index in [0.29, 0.717) is 36.1 Å². The van der Waals surface area contributed by atoms with Gasteiger partial charge in [0.05, 0.1) is 34.2 Å². The van der Waals surface area contributed by atoms with E-state index in [0.717, 1.165) is 4.85 Å². The van der Waals surface area contributed by atoms with E-state index in [2.05, 4.69) is 5.73 Å². The third kappa shape index (κ3) is 3.46. The van der Waals surface area contributed by atoms with Crippen LogP contribution >= 0.6 is 23.2 Å². The summed E-state index contributed by atoms with van der Waals surface area (Å²) in [5, 5.41) is 13.6. The zero-order valence-electron chi connectivity index (χ0n) is 13.7. The first-order valence-corrected chi connectivity index (χ1v) is 8.50. The van der Waals surface area contributed by atoms with Crippen molar-refractivity contribution in [3.8, 4) is 0 Å². The van der Waals surface area contributed by atoms with E-state index < -0.39 is 0 Å². The Morgan fingerprint density at radius 1 is 1.23 bits per heavy atom. The van der Waals surface area contributed by atoms with E-state index in [1.165, 1.54) is 16.8 Å². The minimum absolute atomic E-state index is 0. The molecule has 5 N–H and O–H groups in total. The fourth-order valence-corrected chi connectivity index (χ4v) is 3.24. The maximum atomic E-state index is 13.1. The summed E-state index contributed by atoms with van der Waals surface area (Å²) >= 11 is 12.1. The normalized spacial score (nSPS) is 10.7. The van der Waals surface area contributed by atoms with Crippen LogP contribution in [0.25, 0.3) is 10.9 Å². The van der Waals surface area contributed by atoms with Gasteiger partial charge in [0.1, 0.15) is 0 Å². The molecule has 0 radical (unpaired) electrons. The van der Waals surface area contributed by atoms with E-state index in [1.54, 1.807) is 24.3 Å². The first kappa shape index (κ1) is 20.3. The molecule has 0 unspecified atom stereocenters. The summed E-state index contributed by atoms with van der Waals surface area (Å²) < 4.78 is 1.43. The molecule has 3 rings (SSSR count). The maximum absolute atomic E-state index is 13.1. The van der Waals surface area contributed by atoms with Crippen molar-refractivity contribution < 1.29 is 27.8 Å². The van der Waals surface area contributed by atoms with Gasteiger partial charge in [-0.05, 0) is 18.2 Å². The molecule has 1 aromatic heterocycles. The van der Waals surface area contributed by atoms with Crippen molar-refractivity contribution in [2.75, 3.05) is 12.3 Å². The highest BCUT2D eigenvalue weighted by Crippen LogP contribution is 2.30. The third-order valence-corrected chi connectivity index (χ3v) is 4.64. The van der Waals surface area contributed by atoms with Crippen LogP contribution in [0.3, 0.4) is 0 Å². The number of anilines is 1. The lowest BCUT2D eigenvalue weighted by Gasteiger charge is -2.08. The summed E-state index contributed by atoms with van der Waals surface area (Å²) in [6.45, 7) is 1.04. The molecule has 9 heteroatoms. The number of ketones is 1. The lowest BCUT2D eigenvalue weighted by Crippen LogP contribution is -3.00. The van der Waals surface area contributed by atoms with E-state index in [1.807, 2.05) is 0 Å². The largest absolute Gasteiger partial charge is 1.00 e. The molecule has 0 fully saturated rings. The van der Waals surface area contributed by atoms with Crippen molar-refractivity contribution in [1.29, 1.82) is 0 Å². The van der Waals surface area contributed by atoms with Gasteiger partial charge in [0, 0.05) is 18.1 Å². The number of rotatable bonds is 5. The van der Waals surface area contributed by atoms with Crippen LogP contribution in [0.2, 0.25) is 10.0 Å². The Labute approximate surface area is 166 Å². The lowest BCUT2D eigenvalue weighted by atomic mass is 10.0. The molecule has 0 saturated carbocycles. The molecule has 0 aliphatic carbocycles. The Morgan fingerprint density at radius 3 is 2.46 bits per heavy atom. The molecular weight excluding hydrogens is 399 g/mol. The van der Waals surface area contributed by atoms with Gasteiger partial charge in [-0.1, -0.05) is 40.2 Å². The SMILES string of the molecule is Nc1c(Cl)cc(C(=O)c2c3ccccc3[n+]([O-])n2CCC[NH3+])cc1Cl.[Cl-]. The lowest BCUT2D eigenvalue weighted by molar-refractivity contribution is -0.670. The van der Waals surface area contributed by atoms with Crippen molar-refractivity contribution in [1.82, 2.24) is 4.68 Å². The Balaban J connectivity index is 0.00000243. The minimum atomic E-state index is -0.335. The second-order valence-corrected chi connectivity index (χ2v) is 6.47. The van der Waals surface area contributed by atoms with Crippen LogP contribution in [0.5, 0.6) is 0 Å². The van der Waals surface area contributed by atoms with Gasteiger partial charge in [-0.2, -0.15) is 0 Å². The molecule has 2 aromatic carbocycles. The summed E-state index contributed by atoms with van der Waals surface area (Å²) in [5.74, 6) is -0.335. The number of fused-ring (bicyclic) bond motifs is 1. The molecule has 26 heavy (non-hydrogen) atoms. The van der Waals surface area contributed by atoms with Gasteiger partial charge in [-0.15, -0.1) is 4.68 Å². The minimum Gasteiger partial charge on any atom is -1.00 e. The Morgan fingerprint density at radius 2 is 1.85 bits per heavy atom. The zero-order valence-corrected chi connectivity index (χ0v) is 16.0. The molecular formula is C17H17Cl3N4O2. The number of benzene rings is 2. The molecule has 0 spiro atoms. The summed E-state index contributed by atoms with van der Waals surface area (Å²) in [6.07, 6.45) is 0.673. The van der Waals surface area contributed by atoms with Crippen LogP contribution in [0.15, 0.2) is 36.4 Å². The predicted molar refractivity (Wildman–Crippen MR) is 97.6 cm³/mol. The molecule has 138 valence electrons. The van der Waals surface area contributed by atoms with Crippen LogP contribution in [0.1, 0.15) is 22.5 Å². The number of nitrogens with zero attached hydrogens (tertiary/aromatic N) is 2. The fourth-order valence-electron chi connectivity index (χ4n) is 2.76. The quantitative estimate of drug-likeness (QED) is 0.243. The van der Waals surface area contributed by atoms with E-state index in [9.17, 15) is 10.0 Å². The number of aromatic nitrogens is 2. The highest BCUT2D eigenvalue weighted by atomic mass is 35.5. The van der Waals surface area contributed by atoms with Gasteiger partial charge >= 0.3 is 0 Å². The Bertz CT molecular complexity index is 949. The Kier molecular flexibility index (Phi) is 6.36. The first-order valence-electron chi connectivity index (χ1n) is 7.75. The fraction of sp³-hybridized carbons (Fsp3) is 0.176. The van der Waals surface area contributed by atoms with Gasteiger partial charge in [0.25, 0.3) is 5.52 Å². The Hall–Kier alpha value is -1.99. The third-order valence-electron chi connectivity index (χ3n) is 4.02. The molecule has 0 bridgehead atoms. The second-order valence-electron chi connectivity index (χ2n) is 5.65. The standard InChI is InChI=1S/C17H16Cl2N4O2.ClH/c18-12-8-10(9-13(19)15(12)21)17(24)16-11-4-1-2-5-14(11)23(25)22(16)7-3-6-20;/h1-2,4-5,8-9H,3,6-7,20-21H2;1H. The predicted octanol–water partition coefficient (Wildman–Crippen LogP) is -0.969. The number of halogens is 3. The highest BCUT2D eigenvalue weighted by molar-refractivity contribution is 6.39. The van der Waals surface area contributed by atoms with E-state index >= 15 is 0 Å². The van der Waals surface area contributed by atoms with Gasteiger partial charge < -0.3 is 29.1 Å². The zero-order chi connectivity index (χ0) is 18.1. The first-order chi connectivity index (χ1) is 12.0. The smallest absolute Gasteiger partial charge is 0.252 e. The van der Waals surface area contributed by atoms with Gasteiger partial charge in [0.15, 0.2) is 5.69 Å². The van der Waals surface area contributed by atoms with E-state index in [-0.39, 0.29) is 39.5 Å². The molecule has 1 heterocycles. The van der Waals surface area contributed by atoms with Crippen LogP contribution in [0.4, 0.5) is 5.69 Å². The number of hydrogen-bond donors (Lipinski definition) is 2. The summed E-state index contributed by atoms with van der Waals surface area (Å²) in [5.41, 5.74) is 10.8. The van der Waals surface area contributed by atoms with E-state index in [4.69, 9.17) is 28.9 Å². The molecule has 6 nitrogen and oxygen atoms in total.